The molecule has 1 aliphatic carbocycles. The molecular formula is C20H16N2O3S. The van der Waals surface area contributed by atoms with Crippen LogP contribution in [0.25, 0.3) is 32.6 Å². The quantitative estimate of drug-likeness (QED) is 0.520. The molecule has 6 heteroatoms. The molecule has 1 N–H and O–H groups in total. The number of benzene rings is 1. The van der Waals surface area contributed by atoms with Gasteiger partial charge in [-0.1, -0.05) is 25.1 Å². The molecule has 0 spiro atoms. The molecule has 5 rings (SSSR count). The molecule has 5 nitrogen and oxygen atoms in total. The lowest BCUT2D eigenvalue weighted by Gasteiger charge is -2.17. The van der Waals surface area contributed by atoms with Gasteiger partial charge >= 0.3 is 5.63 Å². The lowest BCUT2D eigenvalue weighted by molar-refractivity contribution is 0.509. The van der Waals surface area contributed by atoms with Crippen molar-refractivity contribution in [3.63, 3.8) is 0 Å². The zero-order chi connectivity index (χ0) is 17.8. The average Bonchev–Trinajstić information content (AvgIpc) is 2.98. The number of aromatic nitrogens is 2. The molecule has 4 aromatic rings. The molecule has 0 amide bonds. The van der Waals surface area contributed by atoms with Gasteiger partial charge in [-0.05, 0) is 42.9 Å². The average molecular weight is 364 g/mol. The summed E-state index contributed by atoms with van der Waals surface area (Å²) in [4.78, 5) is 34.5. The molecule has 26 heavy (non-hydrogen) atoms. The molecule has 3 aromatic heterocycles. The number of rotatable bonds is 1. The minimum absolute atomic E-state index is 0.176. The number of nitrogens with one attached hydrogen (secondary N) is 1. The summed E-state index contributed by atoms with van der Waals surface area (Å²) < 4.78 is 5.38. The molecule has 130 valence electrons. The minimum atomic E-state index is -0.499. The van der Waals surface area contributed by atoms with Gasteiger partial charge in [0, 0.05) is 10.3 Å². The molecule has 0 unspecified atom stereocenters. The fourth-order valence-corrected chi connectivity index (χ4v) is 5.09. The predicted octanol–water partition coefficient (Wildman–Crippen LogP) is 3.88. The third-order valence-electron chi connectivity index (χ3n) is 5.06. The molecule has 0 fully saturated rings. The number of H-pyrrole nitrogens is 1. The molecule has 0 saturated heterocycles. The van der Waals surface area contributed by atoms with Crippen molar-refractivity contribution in [1.82, 2.24) is 9.97 Å². The molecule has 1 aliphatic rings. The second kappa shape index (κ2) is 5.64. The predicted molar refractivity (Wildman–Crippen MR) is 103 cm³/mol. The van der Waals surface area contributed by atoms with E-state index in [4.69, 9.17) is 4.42 Å². The summed E-state index contributed by atoms with van der Waals surface area (Å²) in [7, 11) is 0. The maximum Gasteiger partial charge on any atom is 0.347 e. The Labute approximate surface area is 152 Å². The highest BCUT2D eigenvalue weighted by Crippen LogP contribution is 2.36. The van der Waals surface area contributed by atoms with Gasteiger partial charge in [0.05, 0.1) is 5.39 Å². The van der Waals surface area contributed by atoms with Crippen LogP contribution >= 0.6 is 11.3 Å². The Hall–Kier alpha value is -2.73. The number of thiophene rings is 1. The van der Waals surface area contributed by atoms with Gasteiger partial charge in [0.15, 0.2) is 0 Å². The monoisotopic (exact) mass is 364 g/mol. The highest BCUT2D eigenvalue weighted by molar-refractivity contribution is 7.18. The van der Waals surface area contributed by atoms with Gasteiger partial charge in [0.2, 0.25) is 0 Å². The summed E-state index contributed by atoms with van der Waals surface area (Å²) in [6.45, 7) is 2.23. The third-order valence-corrected chi connectivity index (χ3v) is 6.21. The number of aryl methyl sites for hydroxylation is 1. The van der Waals surface area contributed by atoms with Gasteiger partial charge in [-0.2, -0.15) is 0 Å². The molecule has 1 aromatic carbocycles. The van der Waals surface area contributed by atoms with Crippen molar-refractivity contribution < 1.29 is 4.42 Å². The number of fused-ring (bicyclic) bond motifs is 4. The highest BCUT2D eigenvalue weighted by atomic mass is 32.1. The highest BCUT2D eigenvalue weighted by Gasteiger charge is 2.23. The topological polar surface area (TPSA) is 76.0 Å². The number of hydrogen-bond donors (Lipinski definition) is 1. The van der Waals surface area contributed by atoms with Crippen molar-refractivity contribution in [3.8, 4) is 11.4 Å². The van der Waals surface area contributed by atoms with Gasteiger partial charge in [0.1, 0.15) is 21.8 Å². The maximum atomic E-state index is 12.7. The molecule has 0 saturated carbocycles. The van der Waals surface area contributed by atoms with Crippen LogP contribution in [-0.2, 0) is 12.8 Å². The number of para-hydroxylation sites is 1. The molecule has 0 radical (unpaired) electrons. The maximum absolute atomic E-state index is 12.7. The lowest BCUT2D eigenvalue weighted by Crippen LogP contribution is -2.15. The first-order valence-electron chi connectivity index (χ1n) is 8.68. The minimum Gasteiger partial charge on any atom is -0.422 e. The van der Waals surface area contributed by atoms with E-state index in [1.807, 2.05) is 18.2 Å². The van der Waals surface area contributed by atoms with Crippen LogP contribution in [-0.4, -0.2) is 9.97 Å². The summed E-state index contributed by atoms with van der Waals surface area (Å²) in [5.41, 5.74) is 1.26. The Balaban J connectivity index is 1.75. The van der Waals surface area contributed by atoms with Crippen molar-refractivity contribution in [3.05, 3.63) is 61.5 Å². The van der Waals surface area contributed by atoms with E-state index in [1.54, 1.807) is 23.5 Å². The third kappa shape index (κ3) is 2.33. The Kier molecular flexibility index (Phi) is 3.37. The van der Waals surface area contributed by atoms with Gasteiger partial charge in [0.25, 0.3) is 5.56 Å². The fourth-order valence-electron chi connectivity index (χ4n) is 3.70. The fraction of sp³-hybridized carbons (Fsp3) is 0.250. The van der Waals surface area contributed by atoms with Crippen LogP contribution in [0, 0.1) is 5.92 Å². The second-order valence-electron chi connectivity index (χ2n) is 6.93. The Morgan fingerprint density at radius 2 is 2.12 bits per heavy atom. The van der Waals surface area contributed by atoms with Crippen LogP contribution in [0.3, 0.4) is 0 Å². The number of hydrogen-bond acceptors (Lipinski definition) is 5. The molecule has 1 atom stereocenters. The molecule has 0 aliphatic heterocycles. The van der Waals surface area contributed by atoms with E-state index in [9.17, 15) is 9.59 Å². The van der Waals surface area contributed by atoms with Crippen molar-refractivity contribution in [2.24, 2.45) is 5.92 Å². The van der Waals surface area contributed by atoms with Crippen LogP contribution in [0.5, 0.6) is 0 Å². The summed E-state index contributed by atoms with van der Waals surface area (Å²) in [5.74, 6) is 0.898. The summed E-state index contributed by atoms with van der Waals surface area (Å²) in [5, 5.41) is 1.48. The Morgan fingerprint density at radius 3 is 3.00 bits per heavy atom. The molecular weight excluding hydrogens is 348 g/mol. The van der Waals surface area contributed by atoms with Crippen LogP contribution in [0.15, 0.2) is 44.3 Å². The standard InChI is InChI=1S/C20H16N2O3S/c1-10-6-7-12-15(8-10)26-19-16(12)18(23)21-17(22-19)13-9-11-4-2-3-5-14(11)25-20(13)24/h2-5,9-10H,6-8H2,1H3,(H,21,22,23)/t10-/m1/s1. The summed E-state index contributed by atoms with van der Waals surface area (Å²) >= 11 is 1.57. The SMILES string of the molecule is C[C@@H]1CCc2c(sc3nc(-c4cc5ccccc5oc4=O)[nH]c(=O)c23)C1. The lowest BCUT2D eigenvalue weighted by atomic mass is 9.89. The number of nitrogens with zero attached hydrogens (tertiary/aromatic N) is 1. The summed E-state index contributed by atoms with van der Waals surface area (Å²) in [6, 6.07) is 9.02. The first-order chi connectivity index (χ1) is 12.6. The van der Waals surface area contributed by atoms with Crippen LogP contribution in [0.2, 0.25) is 0 Å². The van der Waals surface area contributed by atoms with Crippen molar-refractivity contribution in [2.45, 2.75) is 26.2 Å². The normalized spacial score (nSPS) is 16.9. The smallest absolute Gasteiger partial charge is 0.347 e. The van der Waals surface area contributed by atoms with Crippen LogP contribution < -0.4 is 11.2 Å². The Bertz CT molecular complexity index is 1280. The van der Waals surface area contributed by atoms with E-state index in [2.05, 4.69) is 16.9 Å². The van der Waals surface area contributed by atoms with Crippen molar-refractivity contribution >= 4 is 32.5 Å². The van der Waals surface area contributed by atoms with E-state index in [0.29, 0.717) is 21.7 Å². The second-order valence-corrected chi connectivity index (χ2v) is 8.02. The van der Waals surface area contributed by atoms with E-state index in [0.717, 1.165) is 30.2 Å². The largest absolute Gasteiger partial charge is 0.422 e. The first kappa shape index (κ1) is 15.5. The van der Waals surface area contributed by atoms with Gasteiger partial charge in [-0.15, -0.1) is 11.3 Å². The van der Waals surface area contributed by atoms with Crippen molar-refractivity contribution in [1.29, 1.82) is 0 Å². The van der Waals surface area contributed by atoms with Crippen molar-refractivity contribution in [2.75, 3.05) is 0 Å². The first-order valence-corrected chi connectivity index (χ1v) is 9.49. The number of aromatic amines is 1. The Morgan fingerprint density at radius 1 is 1.27 bits per heavy atom. The van der Waals surface area contributed by atoms with Crippen LogP contribution in [0.4, 0.5) is 0 Å². The van der Waals surface area contributed by atoms with E-state index < -0.39 is 5.63 Å². The molecule has 0 bridgehead atoms. The van der Waals surface area contributed by atoms with Gasteiger partial charge in [-0.25, -0.2) is 9.78 Å². The molecule has 3 heterocycles. The van der Waals surface area contributed by atoms with Crippen LogP contribution in [0.1, 0.15) is 23.8 Å². The zero-order valence-electron chi connectivity index (χ0n) is 14.2. The summed E-state index contributed by atoms with van der Waals surface area (Å²) in [6.07, 6.45) is 3.00. The van der Waals surface area contributed by atoms with Gasteiger partial charge in [-0.3, -0.25) is 4.79 Å². The van der Waals surface area contributed by atoms with Gasteiger partial charge < -0.3 is 9.40 Å². The van der Waals surface area contributed by atoms with E-state index in [-0.39, 0.29) is 16.9 Å². The zero-order valence-corrected chi connectivity index (χ0v) is 15.0. The van der Waals surface area contributed by atoms with E-state index in [1.165, 1.54) is 4.88 Å². The van der Waals surface area contributed by atoms with E-state index >= 15 is 0 Å².